The second-order valence-electron chi connectivity index (χ2n) is 10.3. The Labute approximate surface area is 221 Å². The predicted octanol–water partition coefficient (Wildman–Crippen LogP) is 4.85. The third kappa shape index (κ3) is 8.09. The van der Waals surface area contributed by atoms with E-state index in [-0.39, 0.29) is 23.8 Å². The van der Waals surface area contributed by atoms with Gasteiger partial charge in [0.25, 0.3) is 0 Å². The van der Waals surface area contributed by atoms with Crippen LogP contribution in [0.1, 0.15) is 56.2 Å². The molecule has 0 radical (unpaired) electrons. The quantitative estimate of drug-likeness (QED) is 0.329. The molecule has 3 aromatic heterocycles. The van der Waals surface area contributed by atoms with Crippen LogP contribution in [0.15, 0.2) is 30.6 Å². The average Bonchev–Trinajstić information content (AvgIpc) is 3.40. The van der Waals surface area contributed by atoms with Crippen molar-refractivity contribution in [1.29, 1.82) is 0 Å². The van der Waals surface area contributed by atoms with E-state index in [1.54, 1.807) is 19.5 Å². The molecule has 1 saturated carbocycles. The number of hydrogen-bond acceptors (Lipinski definition) is 7. The van der Waals surface area contributed by atoms with Crippen LogP contribution in [0, 0.1) is 5.92 Å². The van der Waals surface area contributed by atoms with E-state index >= 15 is 0 Å². The number of nitrogens with one attached hydrogen (secondary N) is 3. The van der Waals surface area contributed by atoms with Gasteiger partial charge in [0.15, 0.2) is 5.13 Å². The van der Waals surface area contributed by atoms with Crippen LogP contribution >= 0.6 is 11.3 Å². The molecular weight excluding hydrogens is 490 g/mol. The number of anilines is 3. The molecule has 0 saturated heterocycles. The summed E-state index contributed by atoms with van der Waals surface area (Å²) in [5, 5.41) is 13.9. The third-order valence-corrected chi connectivity index (χ3v) is 6.95. The molecule has 3 amide bonds. The Kier molecular flexibility index (Phi) is 8.55. The molecule has 3 heterocycles. The minimum atomic E-state index is -0.332. The Morgan fingerprint density at radius 1 is 1.14 bits per heavy atom. The lowest BCUT2D eigenvalue weighted by Crippen LogP contribution is -2.21. The van der Waals surface area contributed by atoms with E-state index in [9.17, 15) is 9.59 Å². The van der Waals surface area contributed by atoms with Crippen molar-refractivity contribution in [2.24, 2.45) is 5.92 Å². The zero-order valence-electron chi connectivity index (χ0n) is 21.8. The van der Waals surface area contributed by atoms with Crippen LogP contribution in [0.2, 0.25) is 0 Å². The van der Waals surface area contributed by atoms with Crippen LogP contribution in [0.25, 0.3) is 0 Å². The summed E-state index contributed by atoms with van der Waals surface area (Å²) in [5.41, 5.74) is 1.90. The zero-order valence-corrected chi connectivity index (χ0v) is 22.7. The smallest absolute Gasteiger partial charge is 0.326 e. The number of ether oxygens (including phenoxy) is 1. The van der Waals surface area contributed by atoms with E-state index in [2.05, 4.69) is 46.7 Å². The molecule has 1 fully saturated rings. The summed E-state index contributed by atoms with van der Waals surface area (Å²) in [5.74, 6) is 1.74. The molecule has 37 heavy (non-hydrogen) atoms. The Bertz CT molecular complexity index is 1230. The number of methoxy groups -OCH3 is 1. The second-order valence-corrected chi connectivity index (χ2v) is 11.5. The van der Waals surface area contributed by atoms with Gasteiger partial charge in [-0.3, -0.25) is 15.4 Å². The van der Waals surface area contributed by atoms with Gasteiger partial charge in [-0.15, -0.1) is 11.3 Å². The van der Waals surface area contributed by atoms with Gasteiger partial charge in [0.05, 0.1) is 18.7 Å². The first-order chi connectivity index (χ1) is 17.7. The fourth-order valence-electron chi connectivity index (χ4n) is 3.66. The highest BCUT2D eigenvalue weighted by molar-refractivity contribution is 7.15. The number of thiazole rings is 1. The Balaban J connectivity index is 1.30. The average molecular weight is 526 g/mol. The molecule has 0 spiro atoms. The van der Waals surface area contributed by atoms with Gasteiger partial charge >= 0.3 is 6.03 Å². The Hall–Kier alpha value is -3.31. The molecule has 4 rings (SSSR count). The molecule has 3 aromatic rings. The topological polar surface area (TPSA) is 123 Å². The molecule has 3 N–H and O–H groups in total. The van der Waals surface area contributed by atoms with Crippen molar-refractivity contribution >= 4 is 40.0 Å². The summed E-state index contributed by atoms with van der Waals surface area (Å²) in [4.78, 5) is 34.3. The molecular formula is C26H35N7O3S. The van der Waals surface area contributed by atoms with Gasteiger partial charge in [-0.25, -0.2) is 19.4 Å². The predicted molar refractivity (Wildman–Crippen MR) is 145 cm³/mol. The van der Waals surface area contributed by atoms with E-state index in [1.165, 1.54) is 24.2 Å². The van der Waals surface area contributed by atoms with Crippen LogP contribution in [0.4, 0.5) is 21.6 Å². The number of carbonyl (C=O) groups excluding carboxylic acids is 2. The highest BCUT2D eigenvalue weighted by atomic mass is 32.1. The number of nitrogens with zero attached hydrogens (tertiary/aromatic N) is 4. The summed E-state index contributed by atoms with van der Waals surface area (Å²) in [6, 6.07) is 5.42. The highest BCUT2D eigenvalue weighted by Gasteiger charge is 2.26. The van der Waals surface area contributed by atoms with Crippen LogP contribution in [-0.2, 0) is 34.3 Å². The van der Waals surface area contributed by atoms with Crippen molar-refractivity contribution in [3.8, 4) is 0 Å². The first-order valence-electron chi connectivity index (χ1n) is 12.5. The Morgan fingerprint density at radius 3 is 2.68 bits per heavy atom. The highest BCUT2D eigenvalue weighted by Crippen LogP contribution is 2.33. The summed E-state index contributed by atoms with van der Waals surface area (Å²) < 4.78 is 6.84. The first-order valence-corrected chi connectivity index (χ1v) is 13.4. The number of aromatic nitrogens is 4. The van der Waals surface area contributed by atoms with Gasteiger partial charge in [0, 0.05) is 42.4 Å². The molecule has 10 nitrogen and oxygen atoms in total. The van der Waals surface area contributed by atoms with E-state index in [4.69, 9.17) is 9.84 Å². The van der Waals surface area contributed by atoms with Gasteiger partial charge in [0.1, 0.15) is 11.6 Å². The SMILES string of the molecule is COCCC(=O)Nc1cc(CCc2cnc(NC(=O)Nc3cc(C(C)(C)C)nn3CC3CC3)s2)ccn1. The molecule has 0 aliphatic heterocycles. The van der Waals surface area contributed by atoms with E-state index < -0.39 is 0 Å². The number of rotatable bonds is 11. The maximum Gasteiger partial charge on any atom is 0.326 e. The third-order valence-electron chi connectivity index (χ3n) is 5.98. The number of aryl methyl sites for hydroxylation is 2. The van der Waals surface area contributed by atoms with Crippen LogP contribution in [0.5, 0.6) is 0 Å². The number of urea groups is 1. The molecule has 11 heteroatoms. The van der Waals surface area contributed by atoms with Gasteiger partial charge in [-0.1, -0.05) is 20.8 Å². The minimum Gasteiger partial charge on any atom is -0.384 e. The largest absolute Gasteiger partial charge is 0.384 e. The lowest BCUT2D eigenvalue weighted by Gasteiger charge is -2.14. The summed E-state index contributed by atoms with van der Waals surface area (Å²) >= 11 is 1.44. The number of hydrogen-bond donors (Lipinski definition) is 3. The summed E-state index contributed by atoms with van der Waals surface area (Å²) in [6.45, 7) is 7.53. The maximum absolute atomic E-state index is 12.7. The normalized spacial score (nSPS) is 13.4. The maximum atomic E-state index is 12.7. The fourth-order valence-corrected chi connectivity index (χ4v) is 4.47. The monoisotopic (exact) mass is 525 g/mol. The molecule has 0 unspecified atom stereocenters. The number of amides is 3. The first kappa shape index (κ1) is 26.7. The summed E-state index contributed by atoms with van der Waals surface area (Å²) in [7, 11) is 1.56. The molecule has 1 aliphatic carbocycles. The number of carbonyl (C=O) groups is 2. The zero-order chi connectivity index (χ0) is 26.4. The molecule has 1 aliphatic rings. The van der Waals surface area contributed by atoms with Crippen LogP contribution < -0.4 is 16.0 Å². The van der Waals surface area contributed by atoms with Gasteiger partial charge in [-0.05, 0) is 49.3 Å². The lowest BCUT2D eigenvalue weighted by molar-refractivity contribution is -0.117. The van der Waals surface area contributed by atoms with E-state index in [0.29, 0.717) is 29.3 Å². The van der Waals surface area contributed by atoms with Crippen molar-refractivity contribution in [3.05, 3.63) is 46.7 Å². The fraction of sp³-hybridized carbons (Fsp3) is 0.500. The Morgan fingerprint density at radius 2 is 1.95 bits per heavy atom. The summed E-state index contributed by atoms with van der Waals surface area (Å²) in [6.07, 6.45) is 7.68. The van der Waals surface area contributed by atoms with Gasteiger partial charge < -0.3 is 10.1 Å². The van der Waals surface area contributed by atoms with Crippen molar-refractivity contribution < 1.29 is 14.3 Å². The minimum absolute atomic E-state index is 0.100. The van der Waals surface area contributed by atoms with Gasteiger partial charge in [0.2, 0.25) is 5.91 Å². The van der Waals surface area contributed by atoms with E-state index in [1.807, 2.05) is 22.9 Å². The lowest BCUT2D eigenvalue weighted by atomic mass is 9.92. The number of pyridine rings is 1. The van der Waals surface area contributed by atoms with Crippen LogP contribution in [0.3, 0.4) is 0 Å². The molecule has 0 bridgehead atoms. The molecule has 0 atom stereocenters. The van der Waals surface area contributed by atoms with Crippen molar-refractivity contribution in [3.63, 3.8) is 0 Å². The van der Waals surface area contributed by atoms with Gasteiger partial charge in [-0.2, -0.15) is 5.10 Å². The van der Waals surface area contributed by atoms with Crippen molar-refractivity contribution in [2.45, 2.75) is 64.8 Å². The van der Waals surface area contributed by atoms with Crippen molar-refractivity contribution in [2.75, 3.05) is 29.7 Å². The molecule has 0 aromatic carbocycles. The van der Waals surface area contributed by atoms with Crippen molar-refractivity contribution in [1.82, 2.24) is 19.7 Å². The molecule has 198 valence electrons. The van der Waals surface area contributed by atoms with Crippen LogP contribution in [-0.4, -0.2) is 45.4 Å². The standard InChI is InChI=1S/C26H35N7O3S/c1-26(2,3)20-14-22(33(32-20)16-18-5-6-18)30-24(35)31-25-28-15-19(37-25)8-7-17-9-11-27-21(13-17)29-23(34)10-12-36-4/h9,11,13-15,18H,5-8,10,12,16H2,1-4H3,(H,27,29,34)(H2,28,30,31,35). The van der Waals surface area contributed by atoms with E-state index in [0.717, 1.165) is 35.5 Å². The second kappa shape index (κ2) is 11.8.